The van der Waals surface area contributed by atoms with Crippen LogP contribution in [-0.4, -0.2) is 54.5 Å². The average Bonchev–Trinajstić information content (AvgIpc) is 2.53. The third-order valence-corrected chi connectivity index (χ3v) is 4.46. The van der Waals surface area contributed by atoms with E-state index in [9.17, 15) is 4.79 Å². The van der Waals surface area contributed by atoms with Gasteiger partial charge in [0.1, 0.15) is 0 Å². The molecule has 1 aromatic carbocycles. The molecule has 0 bridgehead atoms. The maximum Gasteiger partial charge on any atom is 0.239 e. The summed E-state index contributed by atoms with van der Waals surface area (Å²) in [6.45, 7) is 4.72. The summed E-state index contributed by atoms with van der Waals surface area (Å²) < 4.78 is 0. The minimum atomic E-state index is -0.383. The van der Waals surface area contributed by atoms with Crippen molar-refractivity contribution in [2.75, 3.05) is 26.7 Å². The van der Waals surface area contributed by atoms with Gasteiger partial charge in [-0.1, -0.05) is 37.3 Å². The maximum atomic E-state index is 12.5. The van der Waals surface area contributed by atoms with Crippen molar-refractivity contribution in [1.29, 1.82) is 0 Å². The van der Waals surface area contributed by atoms with Gasteiger partial charge >= 0.3 is 0 Å². The lowest BCUT2D eigenvalue weighted by atomic mass is 10.0. The van der Waals surface area contributed by atoms with Gasteiger partial charge in [-0.25, -0.2) is 0 Å². The number of hydrogen-bond donors (Lipinski definition) is 1. The Labute approximate surface area is 127 Å². The molecular weight excluding hydrogens is 262 g/mol. The third kappa shape index (κ3) is 4.29. The number of carbonyl (C=O) groups excluding carboxylic acids is 1. The van der Waals surface area contributed by atoms with E-state index in [0.717, 1.165) is 32.5 Å². The lowest BCUT2D eigenvalue weighted by molar-refractivity contribution is -0.135. The molecule has 0 radical (unpaired) electrons. The summed E-state index contributed by atoms with van der Waals surface area (Å²) in [6.07, 6.45) is 2.64. The Bertz CT molecular complexity index is 449. The molecule has 1 aliphatic rings. The van der Waals surface area contributed by atoms with Crippen LogP contribution in [0.25, 0.3) is 0 Å². The van der Waals surface area contributed by atoms with Gasteiger partial charge in [0.05, 0.1) is 6.04 Å². The van der Waals surface area contributed by atoms with E-state index in [2.05, 4.69) is 31.0 Å². The number of nitrogens with two attached hydrogens (primary N) is 1. The molecule has 4 heteroatoms. The molecule has 1 fully saturated rings. The van der Waals surface area contributed by atoms with E-state index in [1.807, 2.05) is 23.1 Å². The number of nitrogens with zero attached hydrogens (tertiary/aromatic N) is 2. The van der Waals surface area contributed by atoms with E-state index in [1.54, 1.807) is 0 Å². The highest BCUT2D eigenvalue weighted by molar-refractivity contribution is 5.81. The fourth-order valence-electron chi connectivity index (χ4n) is 2.91. The largest absolute Gasteiger partial charge is 0.338 e. The normalized spacial score (nSPS) is 21.3. The Morgan fingerprint density at radius 3 is 2.71 bits per heavy atom. The van der Waals surface area contributed by atoms with E-state index in [4.69, 9.17) is 5.73 Å². The summed E-state index contributed by atoms with van der Waals surface area (Å²) >= 11 is 0. The van der Waals surface area contributed by atoms with E-state index in [-0.39, 0.29) is 11.9 Å². The standard InChI is InChI=1S/C17H27N3O/c1-3-15-13-20(12-11-19(15)2)17(21)16(18)10-9-14-7-5-4-6-8-14/h4-8,15-16H,3,9-13,18H2,1-2H3. The second-order valence-corrected chi connectivity index (χ2v) is 5.96. The van der Waals surface area contributed by atoms with Crippen LogP contribution in [-0.2, 0) is 11.2 Å². The predicted octanol–water partition coefficient (Wildman–Crippen LogP) is 1.50. The van der Waals surface area contributed by atoms with Crippen LogP contribution in [0.15, 0.2) is 30.3 Å². The van der Waals surface area contributed by atoms with Gasteiger partial charge in [0.15, 0.2) is 0 Å². The molecule has 2 rings (SSSR count). The van der Waals surface area contributed by atoms with Crippen LogP contribution in [0, 0.1) is 0 Å². The Morgan fingerprint density at radius 1 is 1.33 bits per heavy atom. The highest BCUT2D eigenvalue weighted by Gasteiger charge is 2.28. The van der Waals surface area contributed by atoms with Gasteiger partial charge in [0.2, 0.25) is 5.91 Å². The molecule has 2 unspecified atom stereocenters. The van der Waals surface area contributed by atoms with E-state index >= 15 is 0 Å². The summed E-state index contributed by atoms with van der Waals surface area (Å²) in [5.74, 6) is 0.109. The van der Waals surface area contributed by atoms with Gasteiger partial charge in [-0.15, -0.1) is 0 Å². The van der Waals surface area contributed by atoms with E-state index in [0.29, 0.717) is 12.5 Å². The van der Waals surface area contributed by atoms with Gasteiger partial charge in [-0.05, 0) is 31.9 Å². The van der Waals surface area contributed by atoms with Crippen molar-refractivity contribution in [2.24, 2.45) is 5.73 Å². The molecule has 1 amide bonds. The van der Waals surface area contributed by atoms with Crippen molar-refractivity contribution in [3.8, 4) is 0 Å². The topological polar surface area (TPSA) is 49.6 Å². The molecule has 1 saturated heterocycles. The number of rotatable bonds is 5. The Morgan fingerprint density at radius 2 is 2.05 bits per heavy atom. The molecule has 2 N–H and O–H groups in total. The van der Waals surface area contributed by atoms with Gasteiger partial charge in [0.25, 0.3) is 0 Å². The minimum Gasteiger partial charge on any atom is -0.338 e. The molecule has 1 aliphatic heterocycles. The quantitative estimate of drug-likeness (QED) is 0.893. The Hall–Kier alpha value is -1.39. The zero-order chi connectivity index (χ0) is 15.2. The van der Waals surface area contributed by atoms with Crippen molar-refractivity contribution in [1.82, 2.24) is 9.80 Å². The first kappa shape index (κ1) is 16.0. The molecule has 1 heterocycles. The number of carbonyl (C=O) groups is 1. The van der Waals surface area contributed by atoms with Crippen LogP contribution >= 0.6 is 0 Å². The highest BCUT2D eigenvalue weighted by atomic mass is 16.2. The first-order valence-corrected chi connectivity index (χ1v) is 7.90. The van der Waals surface area contributed by atoms with Crippen molar-refractivity contribution in [3.63, 3.8) is 0 Å². The molecule has 21 heavy (non-hydrogen) atoms. The van der Waals surface area contributed by atoms with Gasteiger partial charge in [0, 0.05) is 25.7 Å². The lowest BCUT2D eigenvalue weighted by Gasteiger charge is -2.40. The first-order chi connectivity index (χ1) is 10.1. The van der Waals surface area contributed by atoms with Crippen molar-refractivity contribution >= 4 is 5.91 Å². The van der Waals surface area contributed by atoms with E-state index in [1.165, 1.54) is 5.56 Å². The first-order valence-electron chi connectivity index (χ1n) is 7.90. The number of benzene rings is 1. The number of likely N-dealkylation sites (N-methyl/N-ethyl adjacent to an activating group) is 1. The lowest BCUT2D eigenvalue weighted by Crippen LogP contribution is -2.56. The summed E-state index contributed by atoms with van der Waals surface area (Å²) in [7, 11) is 2.13. The summed E-state index contributed by atoms with van der Waals surface area (Å²) in [6, 6.07) is 10.3. The molecule has 0 aliphatic carbocycles. The smallest absolute Gasteiger partial charge is 0.239 e. The van der Waals surface area contributed by atoms with E-state index < -0.39 is 0 Å². The zero-order valence-corrected chi connectivity index (χ0v) is 13.2. The fraction of sp³-hybridized carbons (Fsp3) is 0.588. The average molecular weight is 289 g/mol. The zero-order valence-electron chi connectivity index (χ0n) is 13.2. The molecule has 116 valence electrons. The summed E-state index contributed by atoms with van der Waals surface area (Å²) in [5, 5.41) is 0. The number of aryl methyl sites for hydroxylation is 1. The summed E-state index contributed by atoms with van der Waals surface area (Å²) in [5.41, 5.74) is 7.35. The van der Waals surface area contributed by atoms with Gasteiger partial charge in [-0.3, -0.25) is 9.69 Å². The second-order valence-electron chi connectivity index (χ2n) is 5.96. The van der Waals surface area contributed by atoms with Crippen LogP contribution in [0.3, 0.4) is 0 Å². The van der Waals surface area contributed by atoms with Gasteiger partial charge < -0.3 is 10.6 Å². The monoisotopic (exact) mass is 289 g/mol. The molecule has 0 aromatic heterocycles. The predicted molar refractivity (Wildman–Crippen MR) is 86.0 cm³/mol. The molecule has 1 aromatic rings. The van der Waals surface area contributed by atoms with Crippen molar-refractivity contribution in [2.45, 2.75) is 38.3 Å². The van der Waals surface area contributed by atoms with Crippen LogP contribution < -0.4 is 5.73 Å². The van der Waals surface area contributed by atoms with Gasteiger partial charge in [-0.2, -0.15) is 0 Å². The maximum absolute atomic E-state index is 12.5. The second kappa shape index (κ2) is 7.57. The van der Waals surface area contributed by atoms with Crippen LogP contribution in [0.1, 0.15) is 25.3 Å². The Kier molecular flexibility index (Phi) is 5.76. The van der Waals surface area contributed by atoms with Crippen LogP contribution in [0.2, 0.25) is 0 Å². The minimum absolute atomic E-state index is 0.109. The third-order valence-electron chi connectivity index (χ3n) is 4.46. The number of hydrogen-bond acceptors (Lipinski definition) is 3. The Balaban J connectivity index is 1.84. The highest BCUT2D eigenvalue weighted by Crippen LogP contribution is 2.13. The SMILES string of the molecule is CCC1CN(C(=O)C(N)CCc2ccccc2)CCN1C. The summed E-state index contributed by atoms with van der Waals surface area (Å²) in [4.78, 5) is 16.8. The number of amides is 1. The number of piperazine rings is 1. The fourth-order valence-corrected chi connectivity index (χ4v) is 2.91. The molecular formula is C17H27N3O. The van der Waals surface area contributed by atoms with Crippen molar-refractivity contribution in [3.05, 3.63) is 35.9 Å². The molecule has 0 spiro atoms. The molecule has 4 nitrogen and oxygen atoms in total. The van der Waals surface area contributed by atoms with Crippen LogP contribution in [0.5, 0.6) is 0 Å². The van der Waals surface area contributed by atoms with Crippen molar-refractivity contribution < 1.29 is 4.79 Å². The molecule has 0 saturated carbocycles. The molecule has 2 atom stereocenters. The van der Waals surface area contributed by atoms with Crippen LogP contribution in [0.4, 0.5) is 0 Å².